The van der Waals surface area contributed by atoms with E-state index in [0.29, 0.717) is 6.54 Å². The van der Waals surface area contributed by atoms with Gasteiger partial charge in [0, 0.05) is 24.5 Å². The minimum absolute atomic E-state index is 0.203. The summed E-state index contributed by atoms with van der Waals surface area (Å²) in [7, 11) is 0. The molecule has 1 aliphatic heterocycles. The molecule has 2 rings (SSSR count). The average molecular weight is 178 g/mol. The number of nitrogens with two attached hydrogens (primary N) is 1. The number of anilines is 2. The number of hydrogen-bond acceptors (Lipinski definition) is 3. The van der Waals surface area contributed by atoms with E-state index in [2.05, 4.69) is 11.0 Å². The van der Waals surface area contributed by atoms with Gasteiger partial charge in [-0.05, 0) is 24.1 Å². The van der Waals surface area contributed by atoms with Gasteiger partial charge in [-0.25, -0.2) is 0 Å². The lowest BCUT2D eigenvalue weighted by Crippen LogP contribution is -2.24. The lowest BCUT2D eigenvalue weighted by Gasteiger charge is -2.17. The number of nitrogens with zero attached hydrogens (tertiary/aromatic N) is 1. The third kappa shape index (κ3) is 1.47. The summed E-state index contributed by atoms with van der Waals surface area (Å²) >= 11 is 0. The predicted octanol–water partition coefficient (Wildman–Crippen LogP) is 0.624. The van der Waals surface area contributed by atoms with Crippen LogP contribution in [0.2, 0.25) is 0 Å². The summed E-state index contributed by atoms with van der Waals surface area (Å²) in [6.07, 6.45) is 1.07. The van der Waals surface area contributed by atoms with Crippen molar-refractivity contribution in [3.8, 4) is 0 Å². The number of hydrogen-bond donors (Lipinski definition) is 2. The smallest absolute Gasteiger partial charge is 0.0606 e. The Kier molecular flexibility index (Phi) is 2.10. The van der Waals surface area contributed by atoms with Gasteiger partial charge in [0.2, 0.25) is 0 Å². The summed E-state index contributed by atoms with van der Waals surface area (Å²) in [4.78, 5) is 2.17. The van der Waals surface area contributed by atoms with Crippen LogP contribution in [0.15, 0.2) is 18.2 Å². The molecule has 0 saturated carbocycles. The van der Waals surface area contributed by atoms with Crippen molar-refractivity contribution in [3.05, 3.63) is 23.8 Å². The van der Waals surface area contributed by atoms with E-state index in [-0.39, 0.29) is 6.61 Å². The molecule has 1 aromatic carbocycles. The Morgan fingerprint density at radius 1 is 1.46 bits per heavy atom. The fourth-order valence-corrected chi connectivity index (χ4v) is 1.82. The number of aliphatic hydroxyl groups excluding tert-OH is 1. The summed E-state index contributed by atoms with van der Waals surface area (Å²) in [5.74, 6) is 0. The maximum Gasteiger partial charge on any atom is 0.0606 e. The van der Waals surface area contributed by atoms with E-state index in [1.165, 1.54) is 11.3 Å². The molecule has 0 amide bonds. The van der Waals surface area contributed by atoms with E-state index < -0.39 is 0 Å². The molecule has 0 spiro atoms. The number of aliphatic hydroxyl groups is 1. The molecule has 0 aliphatic carbocycles. The molecule has 0 aromatic heterocycles. The van der Waals surface area contributed by atoms with Crippen LogP contribution >= 0.6 is 0 Å². The van der Waals surface area contributed by atoms with E-state index in [1.54, 1.807) is 0 Å². The van der Waals surface area contributed by atoms with E-state index >= 15 is 0 Å². The van der Waals surface area contributed by atoms with Crippen molar-refractivity contribution in [3.63, 3.8) is 0 Å². The molecule has 70 valence electrons. The molecule has 1 aliphatic rings. The van der Waals surface area contributed by atoms with E-state index in [4.69, 9.17) is 10.8 Å². The molecule has 0 bridgehead atoms. The van der Waals surface area contributed by atoms with Gasteiger partial charge in [0.05, 0.1) is 6.61 Å². The molecule has 13 heavy (non-hydrogen) atoms. The van der Waals surface area contributed by atoms with Gasteiger partial charge in [-0.15, -0.1) is 0 Å². The maximum absolute atomic E-state index is 8.85. The minimum Gasteiger partial charge on any atom is -0.399 e. The van der Waals surface area contributed by atoms with Crippen LogP contribution in [0.4, 0.5) is 11.4 Å². The summed E-state index contributed by atoms with van der Waals surface area (Å²) in [5, 5.41) is 8.85. The van der Waals surface area contributed by atoms with Crippen molar-refractivity contribution in [1.82, 2.24) is 0 Å². The van der Waals surface area contributed by atoms with Gasteiger partial charge in [0.25, 0.3) is 0 Å². The number of rotatable bonds is 2. The zero-order chi connectivity index (χ0) is 9.26. The van der Waals surface area contributed by atoms with Crippen molar-refractivity contribution >= 4 is 11.4 Å². The molecule has 0 fully saturated rings. The number of β-amino-alcohol motifs (C(OH)–C–C–N with tert-alkyl or cyclic N) is 1. The topological polar surface area (TPSA) is 49.5 Å². The zero-order valence-corrected chi connectivity index (χ0v) is 7.53. The Bertz CT molecular complexity index is 310. The average Bonchev–Trinajstić information content (AvgIpc) is 2.49. The van der Waals surface area contributed by atoms with Gasteiger partial charge in [0.15, 0.2) is 0 Å². The Hall–Kier alpha value is -1.22. The van der Waals surface area contributed by atoms with Crippen LogP contribution in [0.5, 0.6) is 0 Å². The van der Waals surface area contributed by atoms with Crippen molar-refractivity contribution in [2.75, 3.05) is 30.3 Å². The summed E-state index contributed by atoms with van der Waals surface area (Å²) in [6.45, 7) is 1.91. The molecule has 0 atom stereocenters. The van der Waals surface area contributed by atoms with Crippen LogP contribution in [0.25, 0.3) is 0 Å². The Morgan fingerprint density at radius 2 is 2.31 bits per heavy atom. The van der Waals surface area contributed by atoms with Crippen molar-refractivity contribution in [1.29, 1.82) is 0 Å². The first kappa shape index (κ1) is 8.38. The first-order chi connectivity index (χ1) is 6.31. The summed E-state index contributed by atoms with van der Waals surface area (Å²) < 4.78 is 0. The number of benzene rings is 1. The van der Waals surface area contributed by atoms with Crippen LogP contribution in [0.1, 0.15) is 5.56 Å². The monoisotopic (exact) mass is 178 g/mol. The molecule has 0 saturated heterocycles. The van der Waals surface area contributed by atoms with Gasteiger partial charge in [-0.1, -0.05) is 6.07 Å². The standard InChI is InChI=1S/C10H14N2O/c11-9-2-1-8-3-4-12(5-6-13)10(8)7-9/h1-2,7,13H,3-6,11H2. The summed E-state index contributed by atoms with van der Waals surface area (Å²) in [5.41, 5.74) is 9.02. The SMILES string of the molecule is Nc1ccc2c(c1)N(CCO)CC2. The second-order valence-electron chi connectivity index (χ2n) is 3.35. The molecule has 1 heterocycles. The number of nitrogen functional groups attached to an aromatic ring is 1. The highest BCUT2D eigenvalue weighted by molar-refractivity contribution is 5.64. The second kappa shape index (κ2) is 3.26. The van der Waals surface area contributed by atoms with Gasteiger partial charge in [-0.3, -0.25) is 0 Å². The zero-order valence-electron chi connectivity index (χ0n) is 7.53. The molecule has 0 radical (unpaired) electrons. The third-order valence-electron chi connectivity index (χ3n) is 2.47. The molecule has 3 nitrogen and oxygen atoms in total. The maximum atomic E-state index is 8.85. The fraction of sp³-hybridized carbons (Fsp3) is 0.400. The van der Waals surface area contributed by atoms with Crippen molar-refractivity contribution in [2.24, 2.45) is 0 Å². The van der Waals surface area contributed by atoms with Gasteiger partial charge >= 0.3 is 0 Å². The quantitative estimate of drug-likeness (QED) is 0.653. The van der Waals surface area contributed by atoms with Gasteiger partial charge in [0.1, 0.15) is 0 Å². The molecule has 3 N–H and O–H groups in total. The molecular formula is C10H14N2O. The minimum atomic E-state index is 0.203. The third-order valence-corrected chi connectivity index (χ3v) is 2.47. The van der Waals surface area contributed by atoms with Crippen LogP contribution in [0, 0.1) is 0 Å². The summed E-state index contributed by atoms with van der Waals surface area (Å²) in [6, 6.07) is 5.99. The van der Waals surface area contributed by atoms with E-state index in [1.807, 2.05) is 12.1 Å². The number of fused-ring (bicyclic) bond motifs is 1. The van der Waals surface area contributed by atoms with Crippen LogP contribution in [0.3, 0.4) is 0 Å². The van der Waals surface area contributed by atoms with Gasteiger partial charge < -0.3 is 15.7 Å². The highest BCUT2D eigenvalue weighted by Gasteiger charge is 2.17. The second-order valence-corrected chi connectivity index (χ2v) is 3.35. The van der Waals surface area contributed by atoms with Crippen molar-refractivity contribution in [2.45, 2.75) is 6.42 Å². The molecule has 1 aromatic rings. The van der Waals surface area contributed by atoms with Crippen molar-refractivity contribution < 1.29 is 5.11 Å². The van der Waals surface area contributed by atoms with Gasteiger partial charge in [-0.2, -0.15) is 0 Å². The first-order valence-electron chi connectivity index (χ1n) is 4.55. The Balaban J connectivity index is 2.29. The fourth-order valence-electron chi connectivity index (χ4n) is 1.82. The lowest BCUT2D eigenvalue weighted by molar-refractivity contribution is 0.303. The van der Waals surface area contributed by atoms with E-state index in [9.17, 15) is 0 Å². The first-order valence-corrected chi connectivity index (χ1v) is 4.55. The van der Waals surface area contributed by atoms with E-state index in [0.717, 1.165) is 18.7 Å². The molecule has 3 heteroatoms. The highest BCUT2D eigenvalue weighted by Crippen LogP contribution is 2.29. The Labute approximate surface area is 77.8 Å². The molecular weight excluding hydrogens is 164 g/mol. The Morgan fingerprint density at radius 3 is 3.08 bits per heavy atom. The predicted molar refractivity (Wildman–Crippen MR) is 53.9 cm³/mol. The van der Waals surface area contributed by atoms with Crippen LogP contribution in [-0.2, 0) is 6.42 Å². The highest BCUT2D eigenvalue weighted by atomic mass is 16.3. The van der Waals surface area contributed by atoms with Crippen LogP contribution < -0.4 is 10.6 Å². The molecule has 0 unspecified atom stereocenters. The largest absolute Gasteiger partial charge is 0.399 e. The normalized spacial score (nSPS) is 14.7. The van der Waals surface area contributed by atoms with Crippen LogP contribution in [-0.4, -0.2) is 24.8 Å². The lowest BCUT2D eigenvalue weighted by atomic mass is 10.1.